The fraction of sp³-hybridized carbons (Fsp3) is 0.300. The third-order valence-corrected chi connectivity index (χ3v) is 8.75. The normalized spacial score (nSPS) is 18.2. The van der Waals surface area contributed by atoms with Crippen molar-refractivity contribution in [1.29, 1.82) is 0 Å². The van der Waals surface area contributed by atoms with Crippen molar-refractivity contribution in [3.8, 4) is 11.5 Å². The first-order valence-electron chi connectivity index (χ1n) is 13.0. The Morgan fingerprint density at radius 1 is 1.11 bits per heavy atom. The first-order chi connectivity index (χ1) is 18.3. The number of urea groups is 1. The maximum Gasteiger partial charge on any atom is 0.331 e. The second-order valence-electron chi connectivity index (χ2n) is 10.7. The van der Waals surface area contributed by atoms with E-state index in [1.807, 2.05) is 61.5 Å². The van der Waals surface area contributed by atoms with Crippen LogP contribution in [0.25, 0.3) is 10.2 Å². The van der Waals surface area contributed by atoms with E-state index in [1.165, 1.54) is 17.8 Å². The van der Waals surface area contributed by atoms with E-state index in [4.69, 9.17) is 4.74 Å². The van der Waals surface area contributed by atoms with Gasteiger partial charge in [0.2, 0.25) is 0 Å². The molecule has 2 aromatic carbocycles. The van der Waals surface area contributed by atoms with E-state index < -0.39 is 0 Å². The van der Waals surface area contributed by atoms with E-state index in [9.17, 15) is 9.59 Å². The third-order valence-electron chi connectivity index (χ3n) is 7.65. The van der Waals surface area contributed by atoms with Gasteiger partial charge in [-0.1, -0.05) is 44.9 Å². The molecule has 1 atom stereocenters. The Morgan fingerprint density at radius 2 is 1.92 bits per heavy atom. The molecule has 0 radical (unpaired) electrons. The lowest BCUT2D eigenvalue weighted by molar-refractivity contribution is 0.0858. The van der Waals surface area contributed by atoms with Crippen LogP contribution < -0.4 is 20.3 Å². The lowest BCUT2D eigenvalue weighted by atomic mass is 9.73. The standard InChI is InChI=1S/C30H30N4O3S/c1-18-17-20(37-19-9-5-4-6-10-19)12-13-21(18)34-22-14-16-31-28-24(22)25(33-29(34)36)26(38-28)27(35)32-23-11-7-8-15-30(23,2)3/h4-6,9-10,12-14,16-17,23H,7-8,11,15H2,1-3H3,(H,32,35)(H,33,36). The third kappa shape index (κ3) is 4.28. The van der Waals surface area contributed by atoms with Gasteiger partial charge in [-0.15, -0.1) is 11.3 Å². The molecule has 8 heteroatoms. The smallest absolute Gasteiger partial charge is 0.331 e. The van der Waals surface area contributed by atoms with Gasteiger partial charge in [-0.3, -0.25) is 9.69 Å². The number of rotatable bonds is 5. The van der Waals surface area contributed by atoms with Crippen LogP contribution in [0.4, 0.5) is 21.9 Å². The van der Waals surface area contributed by atoms with Crippen molar-refractivity contribution >= 4 is 50.6 Å². The summed E-state index contributed by atoms with van der Waals surface area (Å²) in [7, 11) is 0. The van der Waals surface area contributed by atoms with Crippen molar-refractivity contribution in [2.24, 2.45) is 5.41 Å². The molecular formula is C30H30N4O3S. The maximum atomic E-state index is 13.5. The number of nitrogens with one attached hydrogen (secondary N) is 2. The lowest BCUT2D eigenvalue weighted by Gasteiger charge is -2.39. The average Bonchev–Trinajstić information content (AvgIpc) is 3.26. The number of nitrogens with zero attached hydrogens (tertiary/aromatic N) is 2. The van der Waals surface area contributed by atoms with Gasteiger partial charge in [0.25, 0.3) is 5.91 Å². The van der Waals surface area contributed by atoms with Gasteiger partial charge in [0, 0.05) is 12.2 Å². The van der Waals surface area contributed by atoms with E-state index in [-0.39, 0.29) is 23.4 Å². The fourth-order valence-electron chi connectivity index (χ4n) is 5.54. The molecule has 1 fully saturated rings. The number of benzene rings is 2. The molecule has 1 unspecified atom stereocenters. The predicted molar refractivity (Wildman–Crippen MR) is 152 cm³/mol. The summed E-state index contributed by atoms with van der Waals surface area (Å²) < 4.78 is 5.98. The highest BCUT2D eigenvalue weighted by molar-refractivity contribution is 7.21. The minimum Gasteiger partial charge on any atom is -0.457 e. The Balaban J connectivity index is 1.34. The second kappa shape index (κ2) is 9.44. The average molecular weight is 527 g/mol. The zero-order valence-corrected chi connectivity index (χ0v) is 22.5. The molecule has 0 bridgehead atoms. The van der Waals surface area contributed by atoms with Crippen LogP contribution in [-0.4, -0.2) is 23.0 Å². The second-order valence-corrected chi connectivity index (χ2v) is 11.7. The Bertz CT molecular complexity index is 1550. The summed E-state index contributed by atoms with van der Waals surface area (Å²) in [5.74, 6) is 1.29. The number of carbonyl (C=O) groups is 2. The van der Waals surface area contributed by atoms with E-state index in [0.717, 1.165) is 46.5 Å². The summed E-state index contributed by atoms with van der Waals surface area (Å²) in [6, 6.07) is 16.9. The van der Waals surface area contributed by atoms with Crippen LogP contribution in [-0.2, 0) is 0 Å². The minimum atomic E-state index is -0.310. The van der Waals surface area contributed by atoms with Crippen LogP contribution >= 0.6 is 11.3 Å². The van der Waals surface area contributed by atoms with Crippen molar-refractivity contribution in [3.05, 3.63) is 71.2 Å². The number of ether oxygens (including phenoxy) is 1. The van der Waals surface area contributed by atoms with Gasteiger partial charge in [0.1, 0.15) is 21.2 Å². The minimum absolute atomic E-state index is 0.0409. The number of hydrogen-bond donors (Lipinski definition) is 2. The molecule has 1 saturated carbocycles. The Kier molecular flexibility index (Phi) is 6.07. The highest BCUT2D eigenvalue weighted by Gasteiger charge is 2.37. The molecule has 6 rings (SSSR count). The number of carbonyl (C=O) groups excluding carboxylic acids is 2. The summed E-state index contributed by atoms with van der Waals surface area (Å²) >= 11 is 1.32. The summed E-state index contributed by atoms with van der Waals surface area (Å²) in [6.07, 6.45) is 6.04. The van der Waals surface area contributed by atoms with Gasteiger partial charge in [0.15, 0.2) is 0 Å². The lowest BCUT2D eigenvalue weighted by Crippen LogP contribution is -2.46. The monoisotopic (exact) mass is 526 g/mol. The van der Waals surface area contributed by atoms with E-state index in [1.54, 1.807) is 11.1 Å². The summed E-state index contributed by atoms with van der Waals surface area (Å²) in [6.45, 7) is 6.38. The molecule has 2 aromatic heterocycles. The van der Waals surface area contributed by atoms with Crippen LogP contribution in [0.15, 0.2) is 60.8 Å². The number of anilines is 3. The van der Waals surface area contributed by atoms with Crippen molar-refractivity contribution in [2.45, 2.75) is 52.5 Å². The van der Waals surface area contributed by atoms with E-state index in [0.29, 0.717) is 22.0 Å². The van der Waals surface area contributed by atoms with Gasteiger partial charge in [-0.05, 0) is 67.1 Å². The molecule has 1 aliphatic carbocycles. The Labute approximate surface area is 225 Å². The largest absolute Gasteiger partial charge is 0.457 e. The van der Waals surface area contributed by atoms with Crippen LogP contribution in [0.2, 0.25) is 0 Å². The summed E-state index contributed by atoms with van der Waals surface area (Å²) in [5, 5.41) is 7.06. The van der Waals surface area contributed by atoms with Gasteiger partial charge in [-0.2, -0.15) is 0 Å². The fourth-order valence-corrected chi connectivity index (χ4v) is 6.56. The molecule has 194 valence electrons. The molecule has 4 aromatic rings. The molecule has 2 aliphatic rings. The van der Waals surface area contributed by atoms with Crippen molar-refractivity contribution in [3.63, 3.8) is 0 Å². The van der Waals surface area contributed by atoms with Gasteiger partial charge >= 0.3 is 6.03 Å². The Hall–Kier alpha value is -3.91. The number of aromatic nitrogens is 1. The molecule has 7 nitrogen and oxygen atoms in total. The molecule has 0 saturated heterocycles. The molecular weight excluding hydrogens is 496 g/mol. The van der Waals surface area contributed by atoms with E-state index in [2.05, 4.69) is 29.5 Å². The topological polar surface area (TPSA) is 83.6 Å². The number of thiophene rings is 1. The summed E-state index contributed by atoms with van der Waals surface area (Å²) in [5.41, 5.74) is 2.92. The van der Waals surface area contributed by atoms with Crippen LogP contribution in [0.3, 0.4) is 0 Å². The highest BCUT2D eigenvalue weighted by atomic mass is 32.1. The number of hydrogen-bond acceptors (Lipinski definition) is 5. The number of aryl methyl sites for hydroxylation is 1. The highest BCUT2D eigenvalue weighted by Crippen LogP contribution is 2.47. The zero-order chi connectivity index (χ0) is 26.4. The van der Waals surface area contributed by atoms with Crippen LogP contribution in [0, 0.1) is 12.3 Å². The van der Waals surface area contributed by atoms with Crippen LogP contribution in [0.1, 0.15) is 54.8 Å². The first-order valence-corrected chi connectivity index (χ1v) is 13.8. The Morgan fingerprint density at radius 3 is 2.68 bits per heavy atom. The van der Waals surface area contributed by atoms with Crippen LogP contribution in [0.5, 0.6) is 11.5 Å². The van der Waals surface area contributed by atoms with Gasteiger partial charge in [-0.25, -0.2) is 9.78 Å². The SMILES string of the molecule is Cc1cc(Oc2ccccc2)ccc1N1C(=O)Nc2c(C(=O)NC3CCCCC3(C)C)sc3nccc1c23. The number of pyridine rings is 1. The maximum absolute atomic E-state index is 13.5. The van der Waals surface area contributed by atoms with Gasteiger partial charge in [0.05, 0.1) is 22.4 Å². The predicted octanol–water partition coefficient (Wildman–Crippen LogP) is 7.78. The molecule has 3 heterocycles. The number of para-hydroxylation sites is 1. The first kappa shape index (κ1) is 24.4. The molecule has 38 heavy (non-hydrogen) atoms. The van der Waals surface area contributed by atoms with E-state index >= 15 is 0 Å². The van der Waals surface area contributed by atoms with Crippen molar-refractivity contribution < 1.29 is 14.3 Å². The van der Waals surface area contributed by atoms with Gasteiger partial charge < -0.3 is 15.4 Å². The van der Waals surface area contributed by atoms with Crippen molar-refractivity contribution in [2.75, 3.05) is 10.2 Å². The molecule has 0 spiro atoms. The summed E-state index contributed by atoms with van der Waals surface area (Å²) in [4.78, 5) is 34.4. The zero-order valence-electron chi connectivity index (χ0n) is 21.7. The van der Waals surface area contributed by atoms with Crippen molar-refractivity contribution in [1.82, 2.24) is 10.3 Å². The number of amides is 3. The molecule has 2 N–H and O–H groups in total. The quantitative estimate of drug-likeness (QED) is 0.278. The molecule has 1 aliphatic heterocycles. The molecule has 3 amide bonds.